The third-order valence-corrected chi connectivity index (χ3v) is 5.18. The highest BCUT2D eigenvalue weighted by atomic mass is 19.5. The number of aryl methyl sites for hydroxylation is 3. The van der Waals surface area contributed by atoms with Crippen molar-refractivity contribution in [1.29, 1.82) is 0 Å². The van der Waals surface area contributed by atoms with Gasteiger partial charge in [-0.3, -0.25) is 0 Å². The quantitative estimate of drug-likeness (QED) is 0.301. The Morgan fingerprint density at radius 2 is 1.32 bits per heavy atom. The monoisotopic (exact) mass is 393 g/mol. The second kappa shape index (κ2) is 7.73. The fourth-order valence-electron chi connectivity index (χ4n) is 4.40. The normalized spacial score (nSPS) is 21.0. The van der Waals surface area contributed by atoms with Crippen LogP contribution in [0.3, 0.4) is 0 Å². The Labute approximate surface area is 165 Å². The third kappa shape index (κ3) is 5.24. The van der Waals surface area contributed by atoms with Crippen LogP contribution in [-0.4, -0.2) is 23.6 Å². The molecule has 1 nitrogen and oxygen atoms in total. The van der Waals surface area contributed by atoms with Crippen molar-refractivity contribution < 1.29 is 21.8 Å². The standard InChI is InChI=1S/C22H28N.BF4/c1-16-12-17(2)20(18(3)13-16)23-15-22(6,14-21(23,4)5)19-10-8-7-9-11-19;2-1(3,4)5/h7-13,15H,14H2,1-6H3;/q+1;-1. The van der Waals surface area contributed by atoms with E-state index in [1.54, 1.807) is 0 Å². The molecule has 0 bridgehead atoms. The van der Waals surface area contributed by atoms with E-state index >= 15 is 0 Å². The molecule has 1 aliphatic heterocycles. The van der Waals surface area contributed by atoms with Gasteiger partial charge in [0.25, 0.3) is 0 Å². The van der Waals surface area contributed by atoms with Crippen LogP contribution in [0.1, 0.15) is 49.4 Å². The van der Waals surface area contributed by atoms with Gasteiger partial charge >= 0.3 is 7.25 Å². The first-order chi connectivity index (χ1) is 12.7. The molecule has 0 fully saturated rings. The van der Waals surface area contributed by atoms with Crippen molar-refractivity contribution in [3.63, 3.8) is 0 Å². The molecule has 0 spiro atoms. The van der Waals surface area contributed by atoms with Crippen LogP contribution in [0.15, 0.2) is 42.5 Å². The van der Waals surface area contributed by atoms with Crippen LogP contribution in [0.5, 0.6) is 0 Å². The maximum atomic E-state index is 9.75. The molecule has 0 aromatic heterocycles. The summed E-state index contributed by atoms with van der Waals surface area (Å²) in [6.07, 6.45) is 3.57. The van der Waals surface area contributed by atoms with Crippen molar-refractivity contribution >= 4 is 19.2 Å². The summed E-state index contributed by atoms with van der Waals surface area (Å²) in [4.78, 5) is 0. The second-order valence-electron chi connectivity index (χ2n) is 8.51. The van der Waals surface area contributed by atoms with Crippen molar-refractivity contribution in [3.8, 4) is 0 Å². The molecule has 3 rings (SSSR count). The number of benzene rings is 2. The molecular weight excluding hydrogens is 365 g/mol. The van der Waals surface area contributed by atoms with E-state index in [0.29, 0.717) is 0 Å². The maximum Gasteiger partial charge on any atom is 0.673 e. The fraction of sp³-hybridized carbons (Fsp3) is 0.409. The highest BCUT2D eigenvalue weighted by Gasteiger charge is 2.49. The summed E-state index contributed by atoms with van der Waals surface area (Å²) >= 11 is 0. The SMILES string of the molecule is Cc1cc(C)c([N+]2=CC(C)(c3ccccc3)CC2(C)C)c(C)c1.F[B-](F)(F)F. The molecule has 1 atom stereocenters. The van der Waals surface area contributed by atoms with Crippen LogP contribution in [0.2, 0.25) is 0 Å². The predicted molar refractivity (Wildman–Crippen MR) is 109 cm³/mol. The van der Waals surface area contributed by atoms with Gasteiger partial charge in [-0.1, -0.05) is 35.9 Å². The summed E-state index contributed by atoms with van der Waals surface area (Å²) < 4.78 is 41.5. The van der Waals surface area contributed by atoms with Gasteiger partial charge in [0, 0.05) is 31.4 Å². The lowest BCUT2D eigenvalue weighted by Gasteiger charge is -2.23. The highest BCUT2D eigenvalue weighted by Crippen LogP contribution is 2.42. The van der Waals surface area contributed by atoms with Crippen molar-refractivity contribution in [2.75, 3.05) is 0 Å². The highest BCUT2D eigenvalue weighted by molar-refractivity contribution is 6.50. The van der Waals surface area contributed by atoms with Crippen molar-refractivity contribution in [2.45, 2.75) is 58.9 Å². The summed E-state index contributed by atoms with van der Waals surface area (Å²) in [5.41, 5.74) is 7.03. The Balaban J connectivity index is 0.000000500. The Hall–Kier alpha value is -2.11. The van der Waals surface area contributed by atoms with Crippen molar-refractivity contribution in [1.82, 2.24) is 0 Å². The first kappa shape index (κ1) is 22.2. The number of hydrogen-bond donors (Lipinski definition) is 0. The molecule has 0 amide bonds. The van der Waals surface area contributed by atoms with Gasteiger partial charge in [0.2, 0.25) is 5.69 Å². The molecule has 1 unspecified atom stereocenters. The lowest BCUT2D eigenvalue weighted by atomic mass is 9.77. The lowest BCUT2D eigenvalue weighted by molar-refractivity contribution is -0.512. The molecule has 0 saturated carbocycles. The van der Waals surface area contributed by atoms with Gasteiger partial charge in [0.1, 0.15) is 0 Å². The predicted octanol–water partition coefficient (Wildman–Crippen LogP) is 6.77. The van der Waals surface area contributed by atoms with Crippen molar-refractivity contribution in [2.24, 2.45) is 0 Å². The van der Waals surface area contributed by atoms with Crippen molar-refractivity contribution in [3.05, 3.63) is 64.7 Å². The molecule has 2 aromatic rings. The van der Waals surface area contributed by atoms with E-state index in [9.17, 15) is 17.3 Å². The minimum Gasteiger partial charge on any atom is -0.418 e. The number of halogens is 4. The molecule has 0 saturated heterocycles. The zero-order chi connectivity index (χ0) is 21.3. The third-order valence-electron chi connectivity index (χ3n) is 5.18. The molecule has 28 heavy (non-hydrogen) atoms. The van der Waals surface area contributed by atoms with Gasteiger partial charge in [-0.2, -0.15) is 4.58 Å². The summed E-state index contributed by atoms with van der Waals surface area (Å²) in [6, 6.07) is 15.5. The van der Waals surface area contributed by atoms with E-state index < -0.39 is 7.25 Å². The summed E-state index contributed by atoms with van der Waals surface area (Å²) in [5, 5.41) is 0. The maximum absolute atomic E-state index is 9.75. The minimum absolute atomic E-state index is 0.0779. The molecule has 0 N–H and O–H groups in total. The molecule has 152 valence electrons. The van der Waals surface area contributed by atoms with Crippen LogP contribution in [-0.2, 0) is 5.41 Å². The first-order valence-electron chi connectivity index (χ1n) is 9.39. The smallest absolute Gasteiger partial charge is 0.418 e. The molecular formula is C22H28BF4N. The van der Waals surface area contributed by atoms with E-state index in [4.69, 9.17) is 0 Å². The van der Waals surface area contributed by atoms with Gasteiger partial charge in [-0.15, -0.1) is 0 Å². The summed E-state index contributed by atoms with van der Waals surface area (Å²) in [6.45, 7) is 13.7. The molecule has 1 aliphatic rings. The van der Waals surface area contributed by atoms with Gasteiger partial charge in [-0.05, 0) is 45.4 Å². The average Bonchev–Trinajstić information content (AvgIpc) is 2.76. The number of hydrogen-bond acceptors (Lipinski definition) is 0. The Bertz CT molecular complexity index is 843. The zero-order valence-electron chi connectivity index (χ0n) is 17.4. The number of rotatable bonds is 2. The van der Waals surface area contributed by atoms with Gasteiger partial charge in [0.05, 0.1) is 5.41 Å². The van der Waals surface area contributed by atoms with E-state index in [0.717, 1.165) is 6.42 Å². The topological polar surface area (TPSA) is 3.01 Å². The fourth-order valence-corrected chi connectivity index (χ4v) is 4.40. The Kier molecular flexibility index (Phi) is 6.12. The van der Waals surface area contributed by atoms with Gasteiger partial charge in [0.15, 0.2) is 11.8 Å². The first-order valence-corrected chi connectivity index (χ1v) is 9.39. The second-order valence-corrected chi connectivity index (χ2v) is 8.51. The van der Waals surface area contributed by atoms with Crippen LogP contribution in [0.4, 0.5) is 23.0 Å². The zero-order valence-corrected chi connectivity index (χ0v) is 17.4. The van der Waals surface area contributed by atoms with E-state index in [-0.39, 0.29) is 11.0 Å². The molecule has 6 heteroatoms. The molecule has 2 aromatic carbocycles. The van der Waals surface area contributed by atoms with Crippen LogP contribution < -0.4 is 0 Å². The van der Waals surface area contributed by atoms with Crippen LogP contribution in [0.25, 0.3) is 0 Å². The number of nitrogens with zero attached hydrogens (tertiary/aromatic N) is 1. The van der Waals surface area contributed by atoms with E-state index in [1.807, 2.05) is 0 Å². The van der Waals surface area contributed by atoms with Crippen LogP contribution in [0, 0.1) is 20.8 Å². The lowest BCUT2D eigenvalue weighted by Crippen LogP contribution is -2.31. The van der Waals surface area contributed by atoms with Crippen LogP contribution >= 0.6 is 0 Å². The van der Waals surface area contributed by atoms with Gasteiger partial charge < -0.3 is 17.3 Å². The largest absolute Gasteiger partial charge is 0.673 e. The average molecular weight is 393 g/mol. The Morgan fingerprint density at radius 1 is 0.857 bits per heavy atom. The Morgan fingerprint density at radius 3 is 1.79 bits per heavy atom. The van der Waals surface area contributed by atoms with E-state index in [2.05, 4.69) is 94.8 Å². The molecule has 0 aliphatic carbocycles. The summed E-state index contributed by atoms with van der Waals surface area (Å²) in [5.74, 6) is 0. The molecule has 1 heterocycles. The minimum atomic E-state index is -6.00. The summed E-state index contributed by atoms with van der Waals surface area (Å²) in [7, 11) is -6.00. The van der Waals surface area contributed by atoms with Gasteiger partial charge in [-0.25, -0.2) is 0 Å². The molecule has 0 radical (unpaired) electrons. The van der Waals surface area contributed by atoms with E-state index in [1.165, 1.54) is 27.9 Å².